The molecule has 12 aromatic rings. The smallest absolute Gasteiger partial charge is 0.227 e. The molecule has 0 radical (unpaired) electrons. The van der Waals surface area contributed by atoms with E-state index in [0.717, 1.165) is 98.4 Å². The summed E-state index contributed by atoms with van der Waals surface area (Å²) >= 11 is 0. The maximum Gasteiger partial charge on any atom is 0.227 e. The highest BCUT2D eigenvalue weighted by molar-refractivity contribution is 6.27. The molecule has 0 unspecified atom stereocenters. The Morgan fingerprint density at radius 3 is 1.77 bits per heavy atom. The maximum absolute atomic E-state index is 6.61. The summed E-state index contributed by atoms with van der Waals surface area (Å²) in [7, 11) is 0. The molecule has 0 bridgehead atoms. The number of fused-ring (bicyclic) bond motifs is 11. The van der Waals surface area contributed by atoms with Gasteiger partial charge in [-0.1, -0.05) is 140 Å². The molecule has 3 heterocycles. The monoisotopic (exact) mass is 716 g/mol. The summed E-state index contributed by atoms with van der Waals surface area (Å²) in [5, 5.41) is 10.6. The van der Waals surface area contributed by atoms with Crippen LogP contribution in [0.3, 0.4) is 0 Å². The molecule has 0 atom stereocenters. The van der Waals surface area contributed by atoms with Crippen molar-refractivity contribution < 1.29 is 8.83 Å². The lowest BCUT2D eigenvalue weighted by Gasteiger charge is -2.13. The summed E-state index contributed by atoms with van der Waals surface area (Å²) in [6.45, 7) is 0. The van der Waals surface area contributed by atoms with Gasteiger partial charge in [-0.15, -0.1) is 0 Å². The van der Waals surface area contributed by atoms with Gasteiger partial charge in [0, 0.05) is 43.8 Å². The quantitative estimate of drug-likeness (QED) is 0.169. The molecule has 0 fully saturated rings. The van der Waals surface area contributed by atoms with Crippen molar-refractivity contribution in [3.63, 3.8) is 0 Å². The summed E-state index contributed by atoms with van der Waals surface area (Å²) in [6.07, 6.45) is 0. The molecule has 0 saturated carbocycles. The van der Waals surface area contributed by atoms with Crippen molar-refractivity contribution in [3.05, 3.63) is 170 Å². The molecule has 0 aliphatic carbocycles. The minimum absolute atomic E-state index is 0.579. The van der Waals surface area contributed by atoms with E-state index in [1.165, 1.54) is 0 Å². The zero-order valence-corrected chi connectivity index (χ0v) is 29.8. The average Bonchev–Trinajstić information content (AvgIpc) is 3.88. The third-order valence-corrected chi connectivity index (χ3v) is 10.9. The Labute approximate surface area is 319 Å². The second-order valence-corrected chi connectivity index (χ2v) is 14.1. The first kappa shape index (κ1) is 30.7. The number of aromatic nitrogens is 4. The molecule has 0 aliphatic heterocycles. The van der Waals surface area contributed by atoms with Crippen LogP contribution in [-0.2, 0) is 0 Å². The van der Waals surface area contributed by atoms with Gasteiger partial charge in [0.15, 0.2) is 23.1 Å². The number of hydrogen-bond donors (Lipinski definition) is 0. The van der Waals surface area contributed by atoms with Crippen LogP contribution in [0.2, 0.25) is 0 Å². The third kappa shape index (κ3) is 4.63. The molecule has 6 nitrogen and oxygen atoms in total. The van der Waals surface area contributed by atoms with Crippen molar-refractivity contribution >= 4 is 76.1 Å². The molecule has 0 spiro atoms. The summed E-state index contributed by atoms with van der Waals surface area (Å²) in [5.74, 6) is 2.37. The average molecular weight is 717 g/mol. The first-order valence-corrected chi connectivity index (χ1v) is 18.6. The van der Waals surface area contributed by atoms with E-state index < -0.39 is 0 Å². The lowest BCUT2D eigenvalue weighted by Crippen LogP contribution is -2.01. The van der Waals surface area contributed by atoms with Crippen molar-refractivity contribution in [2.45, 2.75) is 0 Å². The van der Waals surface area contributed by atoms with E-state index in [0.29, 0.717) is 23.4 Å². The fourth-order valence-corrected chi connectivity index (χ4v) is 8.39. The number of para-hydroxylation sites is 1. The zero-order chi connectivity index (χ0) is 36.7. The van der Waals surface area contributed by atoms with Crippen LogP contribution in [0.5, 0.6) is 0 Å². The van der Waals surface area contributed by atoms with Gasteiger partial charge in [0.05, 0.1) is 0 Å². The predicted octanol–water partition coefficient (Wildman–Crippen LogP) is 13.2. The Kier molecular flexibility index (Phi) is 6.53. The summed E-state index contributed by atoms with van der Waals surface area (Å²) in [5.41, 5.74) is 6.87. The second kappa shape index (κ2) is 11.9. The van der Waals surface area contributed by atoms with Crippen LogP contribution in [0.4, 0.5) is 0 Å². The van der Waals surface area contributed by atoms with Crippen molar-refractivity contribution in [2.75, 3.05) is 0 Å². The molecule has 0 saturated heterocycles. The molecule has 12 rings (SSSR count). The van der Waals surface area contributed by atoms with Gasteiger partial charge in [-0.2, -0.15) is 0 Å². The highest BCUT2D eigenvalue weighted by atomic mass is 16.3. The number of benzene rings is 9. The predicted molar refractivity (Wildman–Crippen MR) is 226 cm³/mol. The van der Waals surface area contributed by atoms with Gasteiger partial charge in [-0.25, -0.2) is 19.9 Å². The van der Waals surface area contributed by atoms with Crippen LogP contribution < -0.4 is 0 Å². The first-order valence-electron chi connectivity index (χ1n) is 18.6. The lowest BCUT2D eigenvalue weighted by atomic mass is 9.93. The molecule has 0 amide bonds. The molecule has 0 N–H and O–H groups in total. The molecular formula is C50H28N4O2. The van der Waals surface area contributed by atoms with Gasteiger partial charge < -0.3 is 8.83 Å². The van der Waals surface area contributed by atoms with E-state index in [2.05, 4.69) is 103 Å². The Bertz CT molecular complexity index is 3540. The third-order valence-electron chi connectivity index (χ3n) is 10.9. The van der Waals surface area contributed by atoms with Crippen molar-refractivity contribution in [3.8, 4) is 45.6 Å². The van der Waals surface area contributed by atoms with Gasteiger partial charge in [-0.05, 0) is 62.6 Å². The maximum atomic E-state index is 6.61. The zero-order valence-electron chi connectivity index (χ0n) is 29.8. The van der Waals surface area contributed by atoms with Crippen LogP contribution in [0, 0.1) is 0 Å². The molecule has 3 aromatic heterocycles. The highest BCUT2D eigenvalue weighted by Crippen LogP contribution is 2.42. The van der Waals surface area contributed by atoms with E-state index in [-0.39, 0.29) is 0 Å². The molecule has 6 heteroatoms. The molecule has 0 aliphatic rings. The van der Waals surface area contributed by atoms with Crippen molar-refractivity contribution in [1.82, 2.24) is 19.9 Å². The topological polar surface area (TPSA) is 77.8 Å². The minimum Gasteiger partial charge on any atom is -0.456 e. The summed E-state index contributed by atoms with van der Waals surface area (Å²) < 4.78 is 12.9. The van der Waals surface area contributed by atoms with E-state index in [1.54, 1.807) is 0 Å². The number of nitrogens with zero attached hydrogens (tertiary/aromatic N) is 4. The SMILES string of the molecule is c1ccc(-c2nc3ccc4ccc5ccc6c(-c7nc(-c8cccc9ccccc89)nc(-c8cccc9oc%10ccccc%10c89)n7)cccc6c5c4c3o2)cc1. The molecule has 9 aromatic carbocycles. The van der Waals surface area contributed by atoms with Gasteiger partial charge in [-0.3, -0.25) is 0 Å². The first-order chi connectivity index (χ1) is 27.7. The molecule has 56 heavy (non-hydrogen) atoms. The number of hydrogen-bond acceptors (Lipinski definition) is 6. The Morgan fingerprint density at radius 2 is 0.911 bits per heavy atom. The van der Waals surface area contributed by atoms with E-state index in [9.17, 15) is 0 Å². The second-order valence-electron chi connectivity index (χ2n) is 14.1. The summed E-state index contributed by atoms with van der Waals surface area (Å²) in [4.78, 5) is 20.7. The van der Waals surface area contributed by atoms with Gasteiger partial charge in [0.2, 0.25) is 5.89 Å². The van der Waals surface area contributed by atoms with Gasteiger partial charge in [0.1, 0.15) is 16.7 Å². The van der Waals surface area contributed by atoms with E-state index >= 15 is 0 Å². The van der Waals surface area contributed by atoms with Gasteiger partial charge >= 0.3 is 0 Å². The molecular weight excluding hydrogens is 689 g/mol. The van der Waals surface area contributed by atoms with E-state index in [4.69, 9.17) is 28.8 Å². The minimum atomic E-state index is 0.579. The number of rotatable bonds is 4. The van der Waals surface area contributed by atoms with Crippen LogP contribution in [0.25, 0.3) is 122 Å². The fourth-order valence-electron chi connectivity index (χ4n) is 8.39. The lowest BCUT2D eigenvalue weighted by molar-refractivity contribution is 0.623. The Morgan fingerprint density at radius 1 is 0.321 bits per heavy atom. The standard InChI is InChI=1S/C50H28N4O2/c1-2-12-32(13-3-1)50-51-40-28-26-31-24-23-30-25-27-34-35(43(30)44(31)46(40)56-50)17-9-19-37(34)48-52-47(36-18-8-14-29-11-4-5-15-33(29)36)53-49(54-48)39-20-10-22-42-45(39)38-16-6-7-21-41(38)55-42/h1-28H. The van der Waals surface area contributed by atoms with Crippen LogP contribution >= 0.6 is 0 Å². The fraction of sp³-hybridized carbons (Fsp3) is 0. The van der Waals surface area contributed by atoms with Crippen LogP contribution in [0.15, 0.2) is 179 Å². The highest BCUT2D eigenvalue weighted by Gasteiger charge is 2.21. The van der Waals surface area contributed by atoms with Crippen molar-refractivity contribution in [2.24, 2.45) is 0 Å². The van der Waals surface area contributed by atoms with Crippen LogP contribution in [-0.4, -0.2) is 19.9 Å². The Balaban J connectivity index is 1.15. The molecule has 260 valence electrons. The van der Waals surface area contributed by atoms with Gasteiger partial charge in [0.25, 0.3) is 0 Å². The largest absolute Gasteiger partial charge is 0.456 e. The van der Waals surface area contributed by atoms with Crippen molar-refractivity contribution in [1.29, 1.82) is 0 Å². The Hall–Kier alpha value is -7.70. The summed E-state index contributed by atoms with van der Waals surface area (Å²) in [6, 6.07) is 58.1. The number of furan rings is 1. The normalized spacial score (nSPS) is 11.9. The van der Waals surface area contributed by atoms with E-state index in [1.807, 2.05) is 66.7 Å². The number of oxazole rings is 1. The van der Waals surface area contributed by atoms with Crippen LogP contribution in [0.1, 0.15) is 0 Å².